The monoisotopic (exact) mass is 376 g/mol. The van der Waals surface area contributed by atoms with Gasteiger partial charge in [-0.25, -0.2) is 13.1 Å². The van der Waals surface area contributed by atoms with Crippen molar-refractivity contribution in [1.29, 1.82) is 0 Å². The lowest BCUT2D eigenvalue weighted by Gasteiger charge is -2.11. The van der Waals surface area contributed by atoms with Crippen molar-refractivity contribution in [3.63, 3.8) is 0 Å². The molecule has 0 saturated heterocycles. The highest BCUT2D eigenvalue weighted by Crippen LogP contribution is 2.16. The maximum absolute atomic E-state index is 12.5. The summed E-state index contributed by atoms with van der Waals surface area (Å²) in [5, 5.41) is 2.84. The van der Waals surface area contributed by atoms with E-state index >= 15 is 0 Å². The number of sulfonamides is 1. The second-order valence-corrected chi connectivity index (χ2v) is 7.81. The Hall–Kier alpha value is -2.22. The lowest BCUT2D eigenvalue weighted by Crippen LogP contribution is -2.28. The molecular formula is C19H24N2O4S. The van der Waals surface area contributed by atoms with Gasteiger partial charge < -0.3 is 10.1 Å². The van der Waals surface area contributed by atoms with Crippen molar-refractivity contribution in [2.24, 2.45) is 0 Å². The standard InChI is InChI=1S/C19H24N2O4S/c1-14-5-4-6-16(11-14)13-20-19(22)18-12-17(8-7-15(18)2)26(23,24)21-9-10-25-3/h4-8,11-12,21H,9-10,13H2,1-3H3,(H,20,22). The Morgan fingerprint density at radius 3 is 2.58 bits per heavy atom. The lowest BCUT2D eigenvalue weighted by atomic mass is 10.1. The molecule has 0 aliphatic carbocycles. The molecule has 0 spiro atoms. The highest BCUT2D eigenvalue weighted by atomic mass is 32.2. The summed E-state index contributed by atoms with van der Waals surface area (Å²) in [7, 11) is -2.19. The third kappa shape index (κ3) is 5.39. The van der Waals surface area contributed by atoms with Crippen molar-refractivity contribution in [1.82, 2.24) is 10.0 Å². The molecule has 2 aromatic carbocycles. The summed E-state index contributed by atoms with van der Waals surface area (Å²) in [6.45, 7) is 4.58. The van der Waals surface area contributed by atoms with Crippen molar-refractivity contribution in [2.75, 3.05) is 20.3 Å². The molecule has 0 radical (unpaired) electrons. The van der Waals surface area contributed by atoms with Crippen LogP contribution in [0.3, 0.4) is 0 Å². The molecule has 0 bridgehead atoms. The Labute approximate surface area is 154 Å². The Bertz CT molecular complexity index is 879. The zero-order valence-corrected chi connectivity index (χ0v) is 16.0. The Kier molecular flexibility index (Phi) is 6.90. The van der Waals surface area contributed by atoms with Gasteiger partial charge in [0.1, 0.15) is 0 Å². The Balaban J connectivity index is 2.14. The van der Waals surface area contributed by atoms with Crippen molar-refractivity contribution in [3.8, 4) is 0 Å². The first-order chi connectivity index (χ1) is 12.3. The zero-order valence-electron chi connectivity index (χ0n) is 15.2. The first-order valence-electron chi connectivity index (χ1n) is 8.26. The van der Waals surface area contributed by atoms with Crippen LogP contribution in [-0.4, -0.2) is 34.6 Å². The number of amides is 1. The smallest absolute Gasteiger partial charge is 0.251 e. The molecule has 7 heteroatoms. The number of nitrogens with one attached hydrogen (secondary N) is 2. The van der Waals surface area contributed by atoms with Gasteiger partial charge in [0.15, 0.2) is 0 Å². The second kappa shape index (κ2) is 8.93. The van der Waals surface area contributed by atoms with Gasteiger partial charge in [0.2, 0.25) is 10.0 Å². The van der Waals surface area contributed by atoms with Gasteiger partial charge >= 0.3 is 0 Å². The van der Waals surface area contributed by atoms with Gasteiger partial charge in [-0.3, -0.25) is 4.79 Å². The van der Waals surface area contributed by atoms with Gasteiger partial charge in [-0.15, -0.1) is 0 Å². The van der Waals surface area contributed by atoms with Crippen LogP contribution in [0.2, 0.25) is 0 Å². The molecule has 0 aliphatic rings. The van der Waals surface area contributed by atoms with Crippen molar-refractivity contribution < 1.29 is 17.9 Å². The SMILES string of the molecule is COCCNS(=O)(=O)c1ccc(C)c(C(=O)NCc2cccc(C)c2)c1. The summed E-state index contributed by atoms with van der Waals surface area (Å²) in [5.74, 6) is -0.307. The molecule has 140 valence electrons. The first kappa shape index (κ1) is 20.1. The molecule has 2 N–H and O–H groups in total. The minimum atomic E-state index is -3.69. The highest BCUT2D eigenvalue weighted by Gasteiger charge is 2.17. The fraction of sp³-hybridized carbons (Fsp3) is 0.316. The summed E-state index contributed by atoms with van der Waals surface area (Å²) in [6.07, 6.45) is 0. The largest absolute Gasteiger partial charge is 0.383 e. The molecule has 0 aliphatic heterocycles. The first-order valence-corrected chi connectivity index (χ1v) is 9.75. The normalized spacial score (nSPS) is 11.3. The molecule has 0 heterocycles. The van der Waals surface area contributed by atoms with Crippen molar-refractivity contribution >= 4 is 15.9 Å². The quantitative estimate of drug-likeness (QED) is 0.692. The fourth-order valence-electron chi connectivity index (χ4n) is 2.47. The van der Waals surface area contributed by atoms with Gasteiger partial charge in [-0.2, -0.15) is 0 Å². The minimum absolute atomic E-state index is 0.0555. The highest BCUT2D eigenvalue weighted by molar-refractivity contribution is 7.89. The summed E-state index contributed by atoms with van der Waals surface area (Å²) in [6, 6.07) is 12.4. The van der Waals surface area contributed by atoms with E-state index in [1.807, 2.05) is 31.2 Å². The number of carbonyl (C=O) groups is 1. The summed E-state index contributed by atoms with van der Waals surface area (Å²) in [5.41, 5.74) is 3.15. The number of hydrogen-bond acceptors (Lipinski definition) is 4. The van der Waals surface area contributed by atoms with Crippen LogP contribution in [0.4, 0.5) is 0 Å². The molecule has 0 unspecified atom stereocenters. The van der Waals surface area contributed by atoms with E-state index in [4.69, 9.17) is 4.74 Å². The average Bonchev–Trinajstić information content (AvgIpc) is 2.60. The summed E-state index contributed by atoms with van der Waals surface area (Å²) >= 11 is 0. The lowest BCUT2D eigenvalue weighted by molar-refractivity contribution is 0.0950. The number of aryl methyl sites for hydroxylation is 2. The number of rotatable bonds is 8. The number of benzene rings is 2. The van der Waals surface area contributed by atoms with E-state index in [1.54, 1.807) is 13.0 Å². The van der Waals surface area contributed by atoms with E-state index in [0.29, 0.717) is 17.7 Å². The predicted molar refractivity (Wildman–Crippen MR) is 101 cm³/mol. The third-order valence-corrected chi connectivity index (χ3v) is 5.36. The molecule has 0 fully saturated rings. The van der Waals surface area contributed by atoms with Gasteiger partial charge in [0.05, 0.1) is 11.5 Å². The van der Waals surface area contributed by atoms with Gasteiger partial charge in [-0.05, 0) is 37.1 Å². The Morgan fingerprint density at radius 1 is 1.12 bits per heavy atom. The van der Waals surface area contributed by atoms with E-state index in [2.05, 4.69) is 10.0 Å². The van der Waals surface area contributed by atoms with Crippen LogP contribution < -0.4 is 10.0 Å². The maximum Gasteiger partial charge on any atom is 0.251 e. The van der Waals surface area contributed by atoms with E-state index in [-0.39, 0.29) is 24.0 Å². The van der Waals surface area contributed by atoms with Gasteiger partial charge in [0, 0.05) is 25.8 Å². The molecule has 2 rings (SSSR count). The maximum atomic E-state index is 12.5. The average molecular weight is 376 g/mol. The molecule has 0 aromatic heterocycles. The van der Waals surface area contributed by atoms with Crippen LogP contribution in [0.1, 0.15) is 27.0 Å². The Morgan fingerprint density at radius 2 is 1.88 bits per heavy atom. The number of hydrogen-bond donors (Lipinski definition) is 2. The van der Waals surface area contributed by atoms with Gasteiger partial charge in [-0.1, -0.05) is 35.9 Å². The third-order valence-electron chi connectivity index (χ3n) is 3.90. The van der Waals surface area contributed by atoms with Crippen LogP contribution in [-0.2, 0) is 21.3 Å². The molecule has 0 saturated carbocycles. The second-order valence-electron chi connectivity index (χ2n) is 6.04. The van der Waals surface area contributed by atoms with Gasteiger partial charge in [0.25, 0.3) is 5.91 Å². The molecular weight excluding hydrogens is 352 g/mol. The van der Waals surface area contributed by atoms with Crippen molar-refractivity contribution in [3.05, 3.63) is 64.7 Å². The number of ether oxygens (including phenoxy) is 1. The van der Waals surface area contributed by atoms with E-state index in [1.165, 1.54) is 19.2 Å². The molecule has 1 amide bonds. The minimum Gasteiger partial charge on any atom is -0.383 e. The number of carbonyl (C=O) groups excluding carboxylic acids is 1. The van der Waals surface area contributed by atoms with E-state index < -0.39 is 10.0 Å². The molecule has 6 nitrogen and oxygen atoms in total. The van der Waals surface area contributed by atoms with Crippen LogP contribution in [0.15, 0.2) is 47.4 Å². The van der Waals surface area contributed by atoms with E-state index in [0.717, 1.165) is 11.1 Å². The predicted octanol–water partition coefficient (Wildman–Crippen LogP) is 2.16. The molecule has 0 atom stereocenters. The van der Waals surface area contributed by atoms with E-state index in [9.17, 15) is 13.2 Å². The zero-order chi connectivity index (χ0) is 19.2. The number of methoxy groups -OCH3 is 1. The molecule has 26 heavy (non-hydrogen) atoms. The van der Waals surface area contributed by atoms with Crippen LogP contribution in [0.25, 0.3) is 0 Å². The fourth-order valence-corrected chi connectivity index (χ4v) is 3.51. The van der Waals surface area contributed by atoms with Crippen LogP contribution in [0.5, 0.6) is 0 Å². The molecule has 2 aromatic rings. The summed E-state index contributed by atoms with van der Waals surface area (Å²) < 4.78 is 31.9. The van der Waals surface area contributed by atoms with Crippen LogP contribution >= 0.6 is 0 Å². The van der Waals surface area contributed by atoms with Crippen LogP contribution in [0, 0.1) is 13.8 Å². The summed E-state index contributed by atoms with van der Waals surface area (Å²) in [4.78, 5) is 12.6. The van der Waals surface area contributed by atoms with Crippen molar-refractivity contribution in [2.45, 2.75) is 25.3 Å². The topological polar surface area (TPSA) is 84.5 Å².